The first-order valence-corrected chi connectivity index (χ1v) is 11.3. The summed E-state index contributed by atoms with van der Waals surface area (Å²) in [4.78, 5) is 29.1. The molecule has 0 aromatic heterocycles. The van der Waals surface area contributed by atoms with Crippen molar-refractivity contribution >= 4 is 12.0 Å². The summed E-state index contributed by atoms with van der Waals surface area (Å²) >= 11 is 0. The fourth-order valence-corrected chi connectivity index (χ4v) is 5.21. The minimum atomic E-state index is -0.431. The molecule has 4 rings (SSSR count). The molecule has 2 amide bonds. The van der Waals surface area contributed by atoms with Crippen LogP contribution in [0.1, 0.15) is 63.2 Å². The summed E-state index contributed by atoms with van der Waals surface area (Å²) < 4.78 is 5.50. The lowest BCUT2D eigenvalue weighted by Gasteiger charge is -2.53. The van der Waals surface area contributed by atoms with Crippen LogP contribution < -0.4 is 5.32 Å². The fraction of sp³-hybridized carbons (Fsp3) is 0.667. The highest BCUT2D eigenvalue weighted by atomic mass is 16.6. The van der Waals surface area contributed by atoms with Crippen molar-refractivity contribution in [1.29, 1.82) is 0 Å². The first kappa shape index (κ1) is 21.2. The van der Waals surface area contributed by atoms with E-state index in [0.717, 1.165) is 38.2 Å². The first-order valence-electron chi connectivity index (χ1n) is 11.3. The van der Waals surface area contributed by atoms with Crippen LogP contribution in [-0.4, -0.2) is 65.7 Å². The number of rotatable bonds is 3. The zero-order chi connectivity index (χ0) is 21.4. The molecule has 0 radical (unpaired) electrons. The van der Waals surface area contributed by atoms with Gasteiger partial charge in [0.1, 0.15) is 5.60 Å². The van der Waals surface area contributed by atoms with Gasteiger partial charge in [-0.05, 0) is 65.0 Å². The van der Waals surface area contributed by atoms with Gasteiger partial charge in [0.15, 0.2) is 0 Å². The summed E-state index contributed by atoms with van der Waals surface area (Å²) in [6.45, 7) is 9.42. The van der Waals surface area contributed by atoms with Crippen LogP contribution >= 0.6 is 0 Å². The summed E-state index contributed by atoms with van der Waals surface area (Å²) in [5.41, 5.74) is 0.600. The number of nitrogens with one attached hydrogen (secondary N) is 1. The number of hydrogen-bond donors (Lipinski definition) is 1. The third kappa shape index (κ3) is 4.80. The Morgan fingerprint density at radius 1 is 1.07 bits per heavy atom. The van der Waals surface area contributed by atoms with Crippen molar-refractivity contribution in [3.05, 3.63) is 35.9 Å². The Hall–Kier alpha value is -2.08. The Morgan fingerprint density at radius 2 is 1.73 bits per heavy atom. The third-order valence-electron chi connectivity index (χ3n) is 6.83. The molecule has 1 aliphatic carbocycles. The minimum absolute atomic E-state index is 0.0294. The standard InChI is InChI=1S/C24H35N3O3/c1-23(2,3)30-22(29)27-16-24(17-27)12-9-20(10-13-24)26-14-11-19(15-26)25-21(28)18-7-5-4-6-8-18/h4-8,19-20H,9-17H2,1-3H3,(H,25,28). The van der Waals surface area contributed by atoms with E-state index in [4.69, 9.17) is 4.74 Å². The van der Waals surface area contributed by atoms with Gasteiger partial charge in [0.25, 0.3) is 5.91 Å². The van der Waals surface area contributed by atoms with E-state index in [0.29, 0.717) is 11.5 Å². The number of ether oxygens (including phenoxy) is 1. The average Bonchev–Trinajstić information content (AvgIpc) is 3.14. The third-order valence-corrected chi connectivity index (χ3v) is 6.83. The predicted molar refractivity (Wildman–Crippen MR) is 116 cm³/mol. The Bertz CT molecular complexity index is 758. The van der Waals surface area contributed by atoms with Crippen LogP contribution in [0, 0.1) is 5.41 Å². The monoisotopic (exact) mass is 413 g/mol. The number of benzene rings is 1. The second-order valence-electron chi connectivity index (χ2n) is 10.4. The van der Waals surface area contributed by atoms with Gasteiger partial charge in [-0.3, -0.25) is 9.69 Å². The highest BCUT2D eigenvalue weighted by Crippen LogP contribution is 2.45. The van der Waals surface area contributed by atoms with E-state index in [1.807, 2.05) is 56.0 Å². The summed E-state index contributed by atoms with van der Waals surface area (Å²) in [6, 6.07) is 10.3. The van der Waals surface area contributed by atoms with Crippen molar-refractivity contribution in [1.82, 2.24) is 15.1 Å². The van der Waals surface area contributed by atoms with Crippen molar-refractivity contribution in [3.8, 4) is 0 Å². The van der Waals surface area contributed by atoms with E-state index in [-0.39, 0.29) is 18.0 Å². The van der Waals surface area contributed by atoms with Crippen LogP contribution in [0.2, 0.25) is 0 Å². The van der Waals surface area contributed by atoms with Crippen LogP contribution in [0.3, 0.4) is 0 Å². The lowest BCUT2D eigenvalue weighted by molar-refractivity contribution is -0.0572. The van der Waals surface area contributed by atoms with Gasteiger partial charge >= 0.3 is 6.09 Å². The molecule has 2 heterocycles. The zero-order valence-electron chi connectivity index (χ0n) is 18.5. The summed E-state index contributed by atoms with van der Waals surface area (Å²) in [6.07, 6.45) is 5.56. The summed E-state index contributed by atoms with van der Waals surface area (Å²) in [7, 11) is 0. The van der Waals surface area contributed by atoms with Crippen molar-refractivity contribution in [2.24, 2.45) is 5.41 Å². The number of likely N-dealkylation sites (tertiary alicyclic amines) is 2. The second kappa shape index (κ2) is 8.22. The lowest BCUT2D eigenvalue weighted by Crippen LogP contribution is -2.61. The normalized spacial score (nSPS) is 24.5. The van der Waals surface area contributed by atoms with Crippen molar-refractivity contribution in [2.75, 3.05) is 26.2 Å². The van der Waals surface area contributed by atoms with Gasteiger partial charge in [0, 0.05) is 49.2 Å². The topological polar surface area (TPSA) is 61.9 Å². The van der Waals surface area contributed by atoms with Gasteiger partial charge in [0.2, 0.25) is 0 Å². The average molecular weight is 414 g/mol. The Labute approximate surface area is 179 Å². The highest BCUT2D eigenvalue weighted by molar-refractivity contribution is 5.94. The predicted octanol–water partition coefficient (Wildman–Crippen LogP) is 3.67. The van der Waals surface area contributed by atoms with Crippen molar-refractivity contribution in [3.63, 3.8) is 0 Å². The summed E-state index contributed by atoms with van der Waals surface area (Å²) in [5, 5.41) is 3.20. The zero-order valence-corrected chi connectivity index (χ0v) is 18.5. The molecular weight excluding hydrogens is 378 g/mol. The molecule has 1 spiro atoms. The van der Waals surface area contributed by atoms with E-state index < -0.39 is 5.60 Å². The smallest absolute Gasteiger partial charge is 0.410 e. The van der Waals surface area contributed by atoms with E-state index in [1.54, 1.807) is 0 Å². The van der Waals surface area contributed by atoms with Gasteiger partial charge in [-0.1, -0.05) is 18.2 Å². The molecule has 1 atom stereocenters. The quantitative estimate of drug-likeness (QED) is 0.821. The van der Waals surface area contributed by atoms with E-state index in [9.17, 15) is 9.59 Å². The maximum Gasteiger partial charge on any atom is 0.410 e. The summed E-state index contributed by atoms with van der Waals surface area (Å²) in [5.74, 6) is 0.0294. The molecule has 1 aromatic rings. The first-order chi connectivity index (χ1) is 14.2. The van der Waals surface area contributed by atoms with E-state index in [2.05, 4.69) is 10.2 Å². The molecule has 2 aliphatic heterocycles. The second-order valence-corrected chi connectivity index (χ2v) is 10.4. The highest BCUT2D eigenvalue weighted by Gasteiger charge is 2.48. The van der Waals surface area contributed by atoms with E-state index >= 15 is 0 Å². The molecule has 6 heteroatoms. The molecule has 2 saturated heterocycles. The van der Waals surface area contributed by atoms with E-state index in [1.165, 1.54) is 25.7 Å². The maximum absolute atomic E-state index is 12.4. The van der Waals surface area contributed by atoms with Crippen molar-refractivity contribution in [2.45, 2.75) is 70.6 Å². The number of amides is 2. The van der Waals surface area contributed by atoms with Gasteiger partial charge in [-0.2, -0.15) is 0 Å². The van der Waals surface area contributed by atoms with Gasteiger partial charge < -0.3 is 15.0 Å². The SMILES string of the molecule is CC(C)(C)OC(=O)N1CC2(CCC(N3CCC(NC(=O)c4ccccc4)C3)CC2)C1. The number of carbonyl (C=O) groups excluding carboxylic acids is 2. The maximum atomic E-state index is 12.4. The molecular formula is C24H35N3O3. The van der Waals surface area contributed by atoms with Gasteiger partial charge in [-0.25, -0.2) is 4.79 Å². The Balaban J connectivity index is 1.20. The fourth-order valence-electron chi connectivity index (χ4n) is 5.21. The molecule has 1 N–H and O–H groups in total. The van der Waals surface area contributed by atoms with Crippen LogP contribution in [0.4, 0.5) is 4.79 Å². The van der Waals surface area contributed by atoms with Crippen LogP contribution in [0.15, 0.2) is 30.3 Å². The molecule has 1 unspecified atom stereocenters. The largest absolute Gasteiger partial charge is 0.444 e. The lowest BCUT2D eigenvalue weighted by atomic mass is 9.67. The number of nitrogens with zero attached hydrogens (tertiary/aromatic N) is 2. The van der Waals surface area contributed by atoms with Crippen LogP contribution in [0.25, 0.3) is 0 Å². The van der Waals surface area contributed by atoms with Crippen LogP contribution in [-0.2, 0) is 4.74 Å². The Kier molecular flexibility index (Phi) is 5.80. The molecule has 3 aliphatic rings. The molecule has 164 valence electrons. The molecule has 1 aromatic carbocycles. The van der Waals surface area contributed by atoms with Gasteiger partial charge in [0.05, 0.1) is 0 Å². The molecule has 30 heavy (non-hydrogen) atoms. The molecule has 1 saturated carbocycles. The molecule has 6 nitrogen and oxygen atoms in total. The molecule has 0 bridgehead atoms. The minimum Gasteiger partial charge on any atom is -0.444 e. The van der Waals surface area contributed by atoms with Gasteiger partial charge in [-0.15, -0.1) is 0 Å². The van der Waals surface area contributed by atoms with Crippen molar-refractivity contribution < 1.29 is 14.3 Å². The molecule has 3 fully saturated rings. The number of hydrogen-bond acceptors (Lipinski definition) is 4. The Morgan fingerprint density at radius 3 is 2.37 bits per heavy atom. The number of carbonyl (C=O) groups is 2. The van der Waals surface area contributed by atoms with Crippen LogP contribution in [0.5, 0.6) is 0 Å².